The van der Waals surface area contributed by atoms with Gasteiger partial charge in [0.2, 0.25) is 0 Å². The van der Waals surface area contributed by atoms with Gasteiger partial charge in [0.1, 0.15) is 11.5 Å². The minimum absolute atomic E-state index is 0.0479. The van der Waals surface area contributed by atoms with Crippen molar-refractivity contribution >= 4 is 23.3 Å². The van der Waals surface area contributed by atoms with Gasteiger partial charge in [-0.3, -0.25) is 4.79 Å². The molecule has 112 valence electrons. The van der Waals surface area contributed by atoms with Crippen molar-refractivity contribution in [1.29, 1.82) is 0 Å². The third kappa shape index (κ3) is 3.93. The van der Waals surface area contributed by atoms with Crippen LogP contribution < -0.4 is 14.4 Å². The average Bonchev–Trinajstić information content (AvgIpc) is 2.39. The first-order valence-corrected chi connectivity index (χ1v) is 6.68. The van der Waals surface area contributed by atoms with Gasteiger partial charge in [0.15, 0.2) is 0 Å². The maximum Gasteiger partial charge on any atom is 0.305 e. The fourth-order valence-electron chi connectivity index (χ4n) is 1.94. The van der Waals surface area contributed by atoms with E-state index in [-0.39, 0.29) is 12.5 Å². The first-order chi connectivity index (χ1) is 9.40. The topological polar surface area (TPSA) is 59.0 Å². The van der Waals surface area contributed by atoms with Crippen LogP contribution >= 0.6 is 11.6 Å². The van der Waals surface area contributed by atoms with Gasteiger partial charge in [-0.1, -0.05) is 11.6 Å². The van der Waals surface area contributed by atoms with E-state index in [0.29, 0.717) is 23.1 Å². The number of nitrogens with zero attached hydrogens (tertiary/aromatic N) is 1. The lowest BCUT2D eigenvalue weighted by Gasteiger charge is -2.30. The molecule has 0 saturated carbocycles. The van der Waals surface area contributed by atoms with Crippen molar-refractivity contribution in [2.45, 2.75) is 26.3 Å². The number of ether oxygens (including phenoxy) is 2. The van der Waals surface area contributed by atoms with Crippen LogP contribution in [-0.2, 0) is 4.79 Å². The monoisotopic (exact) mass is 301 g/mol. The molecule has 0 aromatic heterocycles. The summed E-state index contributed by atoms with van der Waals surface area (Å²) in [4.78, 5) is 12.7. The molecule has 0 saturated heterocycles. The molecular weight excluding hydrogens is 282 g/mol. The van der Waals surface area contributed by atoms with E-state index in [2.05, 4.69) is 0 Å². The van der Waals surface area contributed by atoms with Crippen molar-refractivity contribution in [3.05, 3.63) is 17.2 Å². The molecule has 0 radical (unpaired) electrons. The van der Waals surface area contributed by atoms with Crippen LogP contribution in [0.4, 0.5) is 5.69 Å². The zero-order valence-electron chi connectivity index (χ0n) is 12.1. The van der Waals surface area contributed by atoms with Gasteiger partial charge in [0, 0.05) is 24.7 Å². The highest BCUT2D eigenvalue weighted by Gasteiger charge is 2.19. The van der Waals surface area contributed by atoms with E-state index in [1.54, 1.807) is 19.2 Å². The minimum atomic E-state index is -0.837. The molecule has 1 aromatic rings. The summed E-state index contributed by atoms with van der Waals surface area (Å²) in [6.45, 7) is 4.36. The number of carboxylic acid groups (broad SMARTS) is 1. The van der Waals surface area contributed by atoms with Gasteiger partial charge in [-0.05, 0) is 13.8 Å². The van der Waals surface area contributed by atoms with Gasteiger partial charge < -0.3 is 19.5 Å². The van der Waals surface area contributed by atoms with Crippen LogP contribution in [0.15, 0.2) is 12.1 Å². The third-order valence-corrected chi connectivity index (χ3v) is 3.25. The zero-order chi connectivity index (χ0) is 15.3. The lowest BCUT2D eigenvalue weighted by atomic mass is 10.2. The summed E-state index contributed by atoms with van der Waals surface area (Å²) >= 11 is 6.07. The smallest absolute Gasteiger partial charge is 0.305 e. The first-order valence-electron chi connectivity index (χ1n) is 6.30. The second-order valence-corrected chi connectivity index (χ2v) is 5.00. The largest absolute Gasteiger partial charge is 0.495 e. The van der Waals surface area contributed by atoms with Crippen LogP contribution in [0.2, 0.25) is 5.02 Å². The molecule has 1 N–H and O–H groups in total. The second kappa shape index (κ2) is 7.24. The number of methoxy groups -OCH3 is 2. The molecule has 0 unspecified atom stereocenters. The molecule has 1 rings (SSSR count). The van der Waals surface area contributed by atoms with Gasteiger partial charge in [0.05, 0.1) is 31.4 Å². The third-order valence-electron chi connectivity index (χ3n) is 2.95. The van der Waals surface area contributed by atoms with Crippen LogP contribution in [0.3, 0.4) is 0 Å². The summed E-state index contributed by atoms with van der Waals surface area (Å²) in [6, 6.07) is 3.56. The number of benzene rings is 1. The van der Waals surface area contributed by atoms with E-state index >= 15 is 0 Å². The van der Waals surface area contributed by atoms with Gasteiger partial charge in [0.25, 0.3) is 0 Å². The minimum Gasteiger partial charge on any atom is -0.495 e. The maximum absolute atomic E-state index is 10.8. The Morgan fingerprint density at radius 2 is 1.90 bits per heavy atom. The summed E-state index contributed by atoms with van der Waals surface area (Å²) in [5.41, 5.74) is 0.769. The Morgan fingerprint density at radius 1 is 1.30 bits per heavy atom. The molecule has 0 aliphatic heterocycles. The molecule has 0 atom stereocenters. The van der Waals surface area contributed by atoms with Gasteiger partial charge in [-0.2, -0.15) is 0 Å². The van der Waals surface area contributed by atoms with E-state index < -0.39 is 5.97 Å². The number of aliphatic carboxylic acids is 1. The molecule has 0 bridgehead atoms. The normalized spacial score (nSPS) is 10.5. The van der Waals surface area contributed by atoms with Crippen LogP contribution in [0.25, 0.3) is 0 Å². The quantitative estimate of drug-likeness (QED) is 0.839. The van der Waals surface area contributed by atoms with E-state index in [1.807, 2.05) is 18.7 Å². The van der Waals surface area contributed by atoms with E-state index in [1.165, 1.54) is 7.11 Å². The molecular formula is C14H20ClNO4. The highest BCUT2D eigenvalue weighted by atomic mass is 35.5. The molecule has 0 aliphatic rings. The number of hydrogen-bond donors (Lipinski definition) is 1. The lowest BCUT2D eigenvalue weighted by molar-refractivity contribution is -0.136. The molecule has 6 heteroatoms. The zero-order valence-corrected chi connectivity index (χ0v) is 12.9. The molecule has 0 heterocycles. The lowest BCUT2D eigenvalue weighted by Crippen LogP contribution is -2.33. The van der Waals surface area contributed by atoms with Crippen LogP contribution in [-0.4, -0.2) is 37.9 Å². The number of rotatable bonds is 7. The number of halogens is 1. The molecule has 0 aliphatic carbocycles. The first kappa shape index (κ1) is 16.4. The summed E-state index contributed by atoms with van der Waals surface area (Å²) in [5.74, 6) is 0.286. The highest BCUT2D eigenvalue weighted by molar-refractivity contribution is 6.32. The fraction of sp³-hybridized carbons (Fsp3) is 0.500. The Bertz CT molecular complexity index is 476. The molecule has 20 heavy (non-hydrogen) atoms. The predicted molar refractivity (Wildman–Crippen MR) is 79.3 cm³/mol. The van der Waals surface area contributed by atoms with Crippen molar-refractivity contribution < 1.29 is 19.4 Å². The maximum atomic E-state index is 10.8. The van der Waals surface area contributed by atoms with Crippen LogP contribution in [0.5, 0.6) is 11.5 Å². The van der Waals surface area contributed by atoms with E-state index in [0.717, 1.165) is 5.69 Å². The number of anilines is 1. The number of carbonyl (C=O) groups is 1. The highest BCUT2D eigenvalue weighted by Crippen LogP contribution is 2.38. The van der Waals surface area contributed by atoms with Crippen LogP contribution in [0.1, 0.15) is 20.3 Å². The van der Waals surface area contributed by atoms with Gasteiger partial charge in [-0.25, -0.2) is 0 Å². The molecule has 0 amide bonds. The Kier molecular flexibility index (Phi) is 5.95. The summed E-state index contributed by atoms with van der Waals surface area (Å²) in [6.07, 6.45) is 0.0479. The Morgan fingerprint density at radius 3 is 2.35 bits per heavy atom. The second-order valence-electron chi connectivity index (χ2n) is 4.59. The summed E-state index contributed by atoms with van der Waals surface area (Å²) < 4.78 is 10.5. The number of hydrogen-bond acceptors (Lipinski definition) is 4. The van der Waals surface area contributed by atoms with Gasteiger partial charge in [-0.15, -0.1) is 0 Å². The Labute approximate surface area is 124 Å². The van der Waals surface area contributed by atoms with Crippen molar-refractivity contribution in [3.63, 3.8) is 0 Å². The average molecular weight is 302 g/mol. The van der Waals surface area contributed by atoms with Gasteiger partial charge >= 0.3 is 5.97 Å². The van der Waals surface area contributed by atoms with Crippen molar-refractivity contribution in [1.82, 2.24) is 0 Å². The van der Waals surface area contributed by atoms with Crippen LogP contribution in [0, 0.1) is 0 Å². The standard InChI is InChI=1S/C14H20ClNO4/c1-9(2)16(6-5-14(17)18)11-8-12(19-3)10(15)7-13(11)20-4/h7-9H,5-6H2,1-4H3,(H,17,18). The molecule has 0 spiro atoms. The fourth-order valence-corrected chi connectivity index (χ4v) is 2.17. The predicted octanol–water partition coefficient (Wildman–Crippen LogP) is 3.05. The summed E-state index contributed by atoms with van der Waals surface area (Å²) in [5, 5.41) is 9.31. The van der Waals surface area contributed by atoms with Crippen molar-refractivity contribution in [2.24, 2.45) is 0 Å². The summed E-state index contributed by atoms with van der Waals surface area (Å²) in [7, 11) is 3.09. The van der Waals surface area contributed by atoms with Crippen molar-refractivity contribution in [3.8, 4) is 11.5 Å². The molecule has 0 fully saturated rings. The Balaban J connectivity index is 3.19. The number of carboxylic acids is 1. The molecule has 5 nitrogen and oxygen atoms in total. The SMILES string of the molecule is COc1cc(N(CCC(=O)O)C(C)C)c(OC)cc1Cl. The molecule has 1 aromatic carbocycles. The van der Waals surface area contributed by atoms with Crippen molar-refractivity contribution in [2.75, 3.05) is 25.7 Å². The Hall–Kier alpha value is -1.62. The van der Waals surface area contributed by atoms with E-state index in [9.17, 15) is 4.79 Å². The van der Waals surface area contributed by atoms with E-state index in [4.69, 9.17) is 26.2 Å².